The maximum absolute atomic E-state index is 2.27. The van der Waals surface area contributed by atoms with Crippen LogP contribution in [0.15, 0.2) is 97.1 Å². The lowest BCUT2D eigenvalue weighted by atomic mass is 9.99. The Hall–Kier alpha value is -3.32. The van der Waals surface area contributed by atoms with Gasteiger partial charge < -0.3 is 4.90 Å². The van der Waals surface area contributed by atoms with Gasteiger partial charge >= 0.3 is 0 Å². The van der Waals surface area contributed by atoms with E-state index < -0.39 is 0 Å². The summed E-state index contributed by atoms with van der Waals surface area (Å²) < 4.78 is 0. The van der Waals surface area contributed by atoms with Crippen molar-refractivity contribution in [3.63, 3.8) is 0 Å². The van der Waals surface area contributed by atoms with Gasteiger partial charge in [0.05, 0.1) is 0 Å². The SMILES string of the molecule is CC(C)Cc1ccc(-c2ccc(N(C)c3ccc(-c4ccc(CC(C)C)cc4)cc3)cc2)cc1. The first-order valence-electron chi connectivity index (χ1n) is 12.5. The molecule has 1 nitrogen and oxygen atoms in total. The van der Waals surface area contributed by atoms with Crippen molar-refractivity contribution in [1.82, 2.24) is 0 Å². The van der Waals surface area contributed by atoms with Crippen LogP contribution in [0.4, 0.5) is 11.4 Å². The second-order valence-corrected chi connectivity index (χ2v) is 10.2. The normalized spacial score (nSPS) is 11.3. The van der Waals surface area contributed by atoms with Gasteiger partial charge in [0.2, 0.25) is 0 Å². The maximum Gasteiger partial charge on any atom is 0.0408 e. The average Bonchev–Trinajstić information content (AvgIpc) is 2.84. The molecular weight excluding hydrogens is 410 g/mol. The Labute approximate surface area is 206 Å². The second-order valence-electron chi connectivity index (χ2n) is 10.2. The molecule has 0 aliphatic heterocycles. The first-order valence-corrected chi connectivity index (χ1v) is 12.5. The van der Waals surface area contributed by atoms with Crippen molar-refractivity contribution in [2.45, 2.75) is 40.5 Å². The molecule has 0 amide bonds. The molecule has 1 heteroatoms. The fourth-order valence-corrected chi connectivity index (χ4v) is 4.51. The zero-order valence-electron chi connectivity index (χ0n) is 21.3. The second kappa shape index (κ2) is 10.7. The molecule has 0 aromatic heterocycles. The summed E-state index contributed by atoms with van der Waals surface area (Å²) in [5.41, 5.74) is 10.2. The van der Waals surface area contributed by atoms with Crippen molar-refractivity contribution in [2.24, 2.45) is 11.8 Å². The van der Waals surface area contributed by atoms with Crippen molar-refractivity contribution in [2.75, 3.05) is 11.9 Å². The molecule has 0 spiro atoms. The van der Waals surface area contributed by atoms with E-state index >= 15 is 0 Å². The van der Waals surface area contributed by atoms with Gasteiger partial charge in [-0.05, 0) is 82.3 Å². The van der Waals surface area contributed by atoms with Gasteiger partial charge in [-0.2, -0.15) is 0 Å². The van der Waals surface area contributed by atoms with E-state index in [0.717, 1.165) is 12.8 Å². The van der Waals surface area contributed by atoms with Gasteiger partial charge in [-0.15, -0.1) is 0 Å². The monoisotopic (exact) mass is 447 g/mol. The van der Waals surface area contributed by atoms with Crippen molar-refractivity contribution in [3.8, 4) is 22.3 Å². The largest absolute Gasteiger partial charge is 0.345 e. The van der Waals surface area contributed by atoms with E-state index in [4.69, 9.17) is 0 Å². The molecule has 0 saturated heterocycles. The lowest BCUT2D eigenvalue weighted by Crippen LogP contribution is -2.08. The number of hydrogen-bond donors (Lipinski definition) is 0. The molecule has 4 aromatic carbocycles. The fraction of sp³-hybridized carbons (Fsp3) is 0.273. The van der Waals surface area contributed by atoms with Crippen LogP contribution in [0.2, 0.25) is 0 Å². The van der Waals surface area contributed by atoms with Gasteiger partial charge in [0.1, 0.15) is 0 Å². The van der Waals surface area contributed by atoms with E-state index in [1.54, 1.807) is 0 Å². The molecule has 0 bridgehead atoms. The predicted molar refractivity (Wildman–Crippen MR) is 149 cm³/mol. The van der Waals surface area contributed by atoms with Crippen LogP contribution in [0.25, 0.3) is 22.3 Å². The summed E-state index contributed by atoms with van der Waals surface area (Å²) >= 11 is 0. The van der Waals surface area contributed by atoms with E-state index in [9.17, 15) is 0 Å². The summed E-state index contributed by atoms with van der Waals surface area (Å²) in [6.07, 6.45) is 2.26. The summed E-state index contributed by atoms with van der Waals surface area (Å²) in [7, 11) is 2.13. The van der Waals surface area contributed by atoms with E-state index in [0.29, 0.717) is 11.8 Å². The minimum absolute atomic E-state index is 0.685. The number of nitrogens with zero attached hydrogens (tertiary/aromatic N) is 1. The number of hydrogen-bond acceptors (Lipinski definition) is 1. The molecule has 0 fully saturated rings. The molecule has 4 aromatic rings. The number of benzene rings is 4. The first-order chi connectivity index (χ1) is 16.4. The van der Waals surface area contributed by atoms with E-state index in [1.165, 1.54) is 44.8 Å². The maximum atomic E-state index is 2.27. The topological polar surface area (TPSA) is 3.24 Å². The standard InChI is InChI=1S/C33H37N/c1-24(2)22-26-6-10-28(11-7-26)30-14-18-32(19-15-30)34(5)33-20-16-31(17-21-33)29-12-8-27(9-13-29)23-25(3)4/h6-21,24-25H,22-23H2,1-5H3. The van der Waals surface area contributed by atoms with Crippen molar-refractivity contribution >= 4 is 11.4 Å². The molecular formula is C33H37N. The Morgan fingerprint density at radius 2 is 0.706 bits per heavy atom. The lowest BCUT2D eigenvalue weighted by Gasteiger charge is -2.20. The Kier molecular flexibility index (Phi) is 7.53. The predicted octanol–water partition coefficient (Wildman–Crippen LogP) is 9.19. The van der Waals surface area contributed by atoms with Gasteiger partial charge in [-0.3, -0.25) is 0 Å². The lowest BCUT2D eigenvalue weighted by molar-refractivity contribution is 0.647. The highest BCUT2D eigenvalue weighted by Gasteiger charge is 2.07. The van der Waals surface area contributed by atoms with Crippen LogP contribution in [0.5, 0.6) is 0 Å². The molecule has 0 unspecified atom stereocenters. The van der Waals surface area contributed by atoms with E-state index in [1.807, 2.05) is 0 Å². The minimum atomic E-state index is 0.685. The third kappa shape index (κ3) is 5.97. The highest BCUT2D eigenvalue weighted by Crippen LogP contribution is 2.29. The van der Waals surface area contributed by atoms with Gasteiger partial charge in [-0.1, -0.05) is 100 Å². The Balaban J connectivity index is 1.44. The zero-order chi connectivity index (χ0) is 24.1. The smallest absolute Gasteiger partial charge is 0.0408 e. The van der Waals surface area contributed by atoms with Gasteiger partial charge in [0, 0.05) is 18.4 Å². The van der Waals surface area contributed by atoms with Gasteiger partial charge in [-0.25, -0.2) is 0 Å². The summed E-state index contributed by atoms with van der Waals surface area (Å²) in [5.74, 6) is 1.37. The highest BCUT2D eigenvalue weighted by molar-refractivity contribution is 5.72. The number of rotatable bonds is 8. The van der Waals surface area contributed by atoms with Crippen LogP contribution in [-0.4, -0.2) is 7.05 Å². The molecule has 174 valence electrons. The molecule has 0 heterocycles. The third-order valence-electron chi connectivity index (χ3n) is 6.37. The molecule has 0 atom stereocenters. The molecule has 0 N–H and O–H groups in total. The van der Waals surface area contributed by atoms with Crippen molar-refractivity contribution in [3.05, 3.63) is 108 Å². The Bertz CT molecular complexity index is 1070. The van der Waals surface area contributed by atoms with Crippen LogP contribution in [0.1, 0.15) is 38.8 Å². The summed E-state index contributed by atoms with van der Waals surface area (Å²) in [6.45, 7) is 9.06. The fourth-order valence-electron chi connectivity index (χ4n) is 4.51. The van der Waals surface area contributed by atoms with Crippen molar-refractivity contribution < 1.29 is 0 Å². The van der Waals surface area contributed by atoms with E-state index in [-0.39, 0.29) is 0 Å². The zero-order valence-corrected chi connectivity index (χ0v) is 21.3. The molecule has 34 heavy (non-hydrogen) atoms. The van der Waals surface area contributed by atoms with E-state index in [2.05, 4.69) is 137 Å². The minimum Gasteiger partial charge on any atom is -0.345 e. The molecule has 0 aliphatic rings. The molecule has 0 radical (unpaired) electrons. The quantitative estimate of drug-likeness (QED) is 0.260. The highest BCUT2D eigenvalue weighted by atomic mass is 15.1. The van der Waals surface area contributed by atoms with Gasteiger partial charge in [0.25, 0.3) is 0 Å². The summed E-state index contributed by atoms with van der Waals surface area (Å²) in [4.78, 5) is 2.24. The molecule has 4 rings (SSSR count). The van der Waals surface area contributed by atoms with Crippen LogP contribution in [0.3, 0.4) is 0 Å². The van der Waals surface area contributed by atoms with Crippen LogP contribution >= 0.6 is 0 Å². The number of anilines is 2. The molecule has 0 aliphatic carbocycles. The summed E-state index contributed by atoms with van der Waals surface area (Å²) in [6, 6.07) is 35.7. The van der Waals surface area contributed by atoms with Crippen LogP contribution in [-0.2, 0) is 12.8 Å². The molecule has 0 saturated carbocycles. The van der Waals surface area contributed by atoms with Gasteiger partial charge in [0.15, 0.2) is 0 Å². The van der Waals surface area contributed by atoms with Crippen LogP contribution < -0.4 is 4.90 Å². The average molecular weight is 448 g/mol. The Morgan fingerprint density at radius 3 is 0.971 bits per heavy atom. The first kappa shape index (κ1) is 23.8. The summed E-state index contributed by atoms with van der Waals surface area (Å²) in [5, 5.41) is 0. The van der Waals surface area contributed by atoms with Crippen LogP contribution in [0, 0.1) is 11.8 Å². The third-order valence-corrected chi connectivity index (χ3v) is 6.37. The van der Waals surface area contributed by atoms with Crippen molar-refractivity contribution in [1.29, 1.82) is 0 Å². The Morgan fingerprint density at radius 1 is 0.441 bits per heavy atom.